The first-order chi connectivity index (χ1) is 16.2. The van der Waals surface area contributed by atoms with Crippen molar-refractivity contribution in [1.29, 1.82) is 0 Å². The van der Waals surface area contributed by atoms with Crippen LogP contribution in [0, 0.1) is 28.1 Å². The van der Waals surface area contributed by atoms with E-state index in [1.165, 1.54) is 0 Å². The summed E-state index contributed by atoms with van der Waals surface area (Å²) in [6.45, 7) is 5.50. The second-order valence-electron chi connectivity index (χ2n) is 11.4. The number of carboxylic acids is 1. The average Bonchev–Trinajstić information content (AvgIpc) is 3.17. The highest BCUT2D eigenvalue weighted by atomic mass is 16.5. The number of rotatable bonds is 6. The maximum atomic E-state index is 12.8. The van der Waals surface area contributed by atoms with Crippen LogP contribution in [-0.4, -0.2) is 72.5 Å². The number of nitrogens with two attached hydrogens (primary N) is 1. The zero-order valence-electron chi connectivity index (χ0n) is 20.9. The molecule has 1 aliphatic heterocycles. The molecule has 0 radical (unpaired) electrons. The highest BCUT2D eigenvalue weighted by molar-refractivity contribution is 5.92. The first-order valence-corrected chi connectivity index (χ1v) is 12.8. The van der Waals surface area contributed by atoms with Gasteiger partial charge in [-0.05, 0) is 75.3 Å². The Morgan fingerprint density at radius 3 is 2.76 bits per heavy atom. The lowest BCUT2D eigenvalue weighted by Crippen LogP contribution is -2.72. The van der Waals surface area contributed by atoms with Crippen LogP contribution in [0.25, 0.3) is 0 Å². The molecule has 4 aliphatic carbocycles. The second-order valence-corrected chi connectivity index (χ2v) is 11.4. The van der Waals surface area contributed by atoms with Gasteiger partial charge in [-0.1, -0.05) is 13.0 Å². The Labute approximate surface area is 202 Å². The van der Waals surface area contributed by atoms with Crippen molar-refractivity contribution in [3.05, 3.63) is 23.4 Å². The molecule has 0 aromatic heterocycles. The number of hydrogen-bond donors (Lipinski definition) is 4. The number of carbonyl (C=O) groups is 1. The molecule has 8 heteroatoms. The number of aliphatic imine (C=N–C) groups is 1. The van der Waals surface area contributed by atoms with Gasteiger partial charge in [0.25, 0.3) is 0 Å². The Morgan fingerprint density at radius 1 is 1.38 bits per heavy atom. The van der Waals surface area contributed by atoms with Gasteiger partial charge in [-0.15, -0.1) is 0 Å². The van der Waals surface area contributed by atoms with Crippen molar-refractivity contribution in [1.82, 2.24) is 10.2 Å². The molecule has 0 amide bonds. The standard InChI is InChI=1S/C26H40N4O4/c1-5-34-15-24(33)14-25-18(20(24)21(31)32)12-16-6-9-23(25,2)10-7-19-26(16,25)17(13-28-3)8-11-30(19)22(27)29-4/h8,11,16-17,19,28,33H,5-7,9-10,12-15H2,1-4H3,(H2,27,29)(H,31,32). The van der Waals surface area contributed by atoms with Gasteiger partial charge < -0.3 is 30.9 Å². The van der Waals surface area contributed by atoms with E-state index in [1.54, 1.807) is 7.05 Å². The van der Waals surface area contributed by atoms with Crippen LogP contribution in [0.3, 0.4) is 0 Å². The summed E-state index contributed by atoms with van der Waals surface area (Å²) in [5.41, 5.74) is 5.39. The number of ether oxygens (including phenoxy) is 1. The van der Waals surface area contributed by atoms with E-state index in [4.69, 9.17) is 10.5 Å². The summed E-state index contributed by atoms with van der Waals surface area (Å²) >= 11 is 0. The second kappa shape index (κ2) is 7.80. The lowest BCUT2D eigenvalue weighted by atomic mass is 9.35. The predicted octanol–water partition coefficient (Wildman–Crippen LogP) is 2.10. The van der Waals surface area contributed by atoms with Crippen LogP contribution < -0.4 is 11.1 Å². The smallest absolute Gasteiger partial charge is 0.334 e. The molecule has 5 aliphatic rings. The van der Waals surface area contributed by atoms with E-state index < -0.39 is 17.0 Å². The number of nitrogens with one attached hydrogen (secondary N) is 1. The molecule has 3 fully saturated rings. The summed E-state index contributed by atoms with van der Waals surface area (Å²) in [6, 6.07) is 0.111. The van der Waals surface area contributed by atoms with Crippen LogP contribution in [-0.2, 0) is 9.53 Å². The summed E-state index contributed by atoms with van der Waals surface area (Å²) in [7, 11) is 3.71. The van der Waals surface area contributed by atoms with E-state index in [2.05, 4.69) is 34.4 Å². The van der Waals surface area contributed by atoms with Crippen LogP contribution in [0.5, 0.6) is 0 Å². The first kappa shape index (κ1) is 23.8. The molecule has 1 heterocycles. The van der Waals surface area contributed by atoms with Gasteiger partial charge in [-0.3, -0.25) is 4.99 Å². The van der Waals surface area contributed by atoms with Crippen molar-refractivity contribution < 1.29 is 19.7 Å². The minimum atomic E-state index is -1.49. The largest absolute Gasteiger partial charge is 0.478 e. The third-order valence-corrected chi connectivity index (χ3v) is 10.4. The van der Waals surface area contributed by atoms with Crippen LogP contribution in [0.1, 0.15) is 52.4 Å². The van der Waals surface area contributed by atoms with E-state index in [-0.39, 0.29) is 35.0 Å². The Bertz CT molecular complexity index is 978. The molecule has 5 N–H and O–H groups in total. The van der Waals surface area contributed by atoms with Gasteiger partial charge in [0.2, 0.25) is 0 Å². The number of allylic oxidation sites excluding steroid dienone is 1. The van der Waals surface area contributed by atoms with Crippen molar-refractivity contribution in [2.24, 2.45) is 38.8 Å². The average molecular weight is 473 g/mol. The number of aliphatic hydroxyl groups is 1. The molecular formula is C26H40N4O4. The normalized spacial score (nSPS) is 44.9. The molecule has 3 saturated carbocycles. The fourth-order valence-electron chi connectivity index (χ4n) is 9.54. The summed E-state index contributed by atoms with van der Waals surface area (Å²) in [4.78, 5) is 19.3. The molecule has 8 nitrogen and oxygen atoms in total. The van der Waals surface area contributed by atoms with Gasteiger partial charge in [-0.25, -0.2) is 4.79 Å². The quantitative estimate of drug-likeness (QED) is 0.345. The number of hydrogen-bond acceptors (Lipinski definition) is 5. The minimum Gasteiger partial charge on any atom is -0.478 e. The van der Waals surface area contributed by atoms with Crippen LogP contribution in [0.15, 0.2) is 28.4 Å². The molecule has 0 saturated heterocycles. The topological polar surface area (TPSA) is 120 Å². The van der Waals surface area contributed by atoms with Crippen LogP contribution in [0.2, 0.25) is 0 Å². The molecule has 4 bridgehead atoms. The fraction of sp³-hybridized carbons (Fsp3) is 0.769. The number of nitrogens with zero attached hydrogens (tertiary/aromatic N) is 2. The number of guanidine groups is 1. The monoisotopic (exact) mass is 472 g/mol. The zero-order valence-corrected chi connectivity index (χ0v) is 20.9. The van der Waals surface area contributed by atoms with Crippen molar-refractivity contribution in [2.75, 3.05) is 33.9 Å². The molecule has 34 heavy (non-hydrogen) atoms. The van der Waals surface area contributed by atoms with Crippen molar-refractivity contribution in [2.45, 2.75) is 64.0 Å². The van der Waals surface area contributed by atoms with Crippen molar-refractivity contribution in [3.8, 4) is 0 Å². The molecule has 0 aromatic rings. The Kier molecular flexibility index (Phi) is 5.47. The highest BCUT2D eigenvalue weighted by Crippen LogP contribution is 2.84. The van der Waals surface area contributed by atoms with Crippen molar-refractivity contribution >= 4 is 11.9 Å². The zero-order chi connectivity index (χ0) is 24.5. The molecule has 188 valence electrons. The van der Waals surface area contributed by atoms with E-state index in [1.807, 2.05) is 14.0 Å². The third kappa shape index (κ3) is 2.60. The van der Waals surface area contributed by atoms with Crippen LogP contribution >= 0.6 is 0 Å². The molecule has 7 atom stereocenters. The Hall–Kier alpha value is -1.90. The van der Waals surface area contributed by atoms with E-state index in [0.717, 1.165) is 44.2 Å². The van der Waals surface area contributed by atoms with Gasteiger partial charge >= 0.3 is 5.97 Å². The lowest BCUT2D eigenvalue weighted by Gasteiger charge is -2.71. The number of aliphatic carboxylic acids is 1. The summed E-state index contributed by atoms with van der Waals surface area (Å²) in [6.07, 6.45) is 9.58. The van der Waals surface area contributed by atoms with Crippen LogP contribution in [0.4, 0.5) is 0 Å². The van der Waals surface area contributed by atoms with Gasteiger partial charge in [-0.2, -0.15) is 0 Å². The number of carboxylic acid groups (broad SMARTS) is 1. The Morgan fingerprint density at radius 2 is 2.12 bits per heavy atom. The fourth-order valence-corrected chi connectivity index (χ4v) is 9.54. The van der Waals surface area contributed by atoms with E-state index in [0.29, 0.717) is 24.9 Å². The van der Waals surface area contributed by atoms with Gasteiger partial charge in [0.1, 0.15) is 5.60 Å². The molecule has 7 unspecified atom stereocenters. The third-order valence-electron chi connectivity index (χ3n) is 10.4. The molecule has 2 spiro atoms. The molecular weight excluding hydrogens is 432 g/mol. The summed E-state index contributed by atoms with van der Waals surface area (Å²) < 4.78 is 5.72. The van der Waals surface area contributed by atoms with E-state index in [9.17, 15) is 15.0 Å². The minimum absolute atomic E-state index is 0.0205. The summed E-state index contributed by atoms with van der Waals surface area (Å²) in [5.74, 6) is 0.0389. The molecule has 0 aromatic carbocycles. The maximum Gasteiger partial charge on any atom is 0.334 e. The first-order valence-electron chi connectivity index (χ1n) is 12.8. The van der Waals surface area contributed by atoms with Crippen molar-refractivity contribution in [3.63, 3.8) is 0 Å². The van der Waals surface area contributed by atoms with Gasteiger partial charge in [0, 0.05) is 43.3 Å². The van der Waals surface area contributed by atoms with Gasteiger partial charge in [0.05, 0.1) is 12.2 Å². The lowest BCUT2D eigenvalue weighted by molar-refractivity contribution is -0.208. The highest BCUT2D eigenvalue weighted by Gasteiger charge is 2.81. The summed E-state index contributed by atoms with van der Waals surface area (Å²) in [5, 5.41) is 25.9. The Balaban J connectivity index is 1.81. The molecule has 5 rings (SSSR count). The predicted molar refractivity (Wildman–Crippen MR) is 130 cm³/mol. The van der Waals surface area contributed by atoms with E-state index >= 15 is 0 Å². The maximum absolute atomic E-state index is 12.8. The van der Waals surface area contributed by atoms with Gasteiger partial charge in [0.15, 0.2) is 5.96 Å². The SMILES string of the molecule is CCOCC1(O)CC23C(=C1C(=O)O)CC1CCC2(C)CCC2N(C(N)=NC)C=CC(CNC)C123.